The summed E-state index contributed by atoms with van der Waals surface area (Å²) >= 11 is 8.56. The summed E-state index contributed by atoms with van der Waals surface area (Å²) in [7, 11) is 0. The topological polar surface area (TPSA) is 0 Å². The van der Waals surface area contributed by atoms with Crippen molar-refractivity contribution >= 4 is 43.2 Å². The Morgan fingerprint density at radius 3 is 2.81 bits per heavy atom. The Kier molecular flexibility index (Phi) is 4.16. The zero-order valence-corrected chi connectivity index (χ0v) is 12.3. The van der Waals surface area contributed by atoms with Crippen LogP contribution in [0.3, 0.4) is 0 Å². The molecule has 1 aromatic carbocycles. The zero-order valence-electron chi connectivity index (χ0n) is 8.29. The molecule has 1 atom stereocenters. The summed E-state index contributed by atoms with van der Waals surface area (Å²) in [5.74, 6) is -0.215. The highest BCUT2D eigenvalue weighted by atomic mass is 79.9. The number of hydrogen-bond acceptors (Lipinski definition) is 1. The Morgan fingerprint density at radius 1 is 1.31 bits per heavy atom. The molecule has 2 rings (SSSR count). The summed E-state index contributed by atoms with van der Waals surface area (Å²) in [6, 6.07) is 7.21. The summed E-state index contributed by atoms with van der Waals surface area (Å²) in [5.41, 5.74) is 2.22. The molecule has 1 aromatic heterocycles. The molecule has 0 N–H and O–H groups in total. The maximum Gasteiger partial charge on any atom is 0.137 e. The number of thiophene rings is 1. The van der Waals surface area contributed by atoms with Gasteiger partial charge in [-0.25, -0.2) is 4.39 Å². The molecule has 0 fully saturated rings. The van der Waals surface area contributed by atoms with Crippen LogP contribution in [0.25, 0.3) is 0 Å². The molecular formula is C12H9Br2FS. The average Bonchev–Trinajstić information content (AvgIpc) is 2.74. The van der Waals surface area contributed by atoms with Gasteiger partial charge in [0.1, 0.15) is 5.82 Å². The van der Waals surface area contributed by atoms with Gasteiger partial charge in [-0.15, -0.1) is 0 Å². The standard InChI is InChI=1S/C12H9Br2FS/c13-10(6-8-4-5-16-7-8)9-2-1-3-11(15)12(9)14/h1-5,7,10H,6H2. The fourth-order valence-corrected chi connectivity index (χ4v) is 3.77. The van der Waals surface area contributed by atoms with E-state index in [0.717, 1.165) is 12.0 Å². The molecule has 2 aromatic rings. The quantitative estimate of drug-likeness (QED) is 0.646. The van der Waals surface area contributed by atoms with Gasteiger partial charge in [-0.1, -0.05) is 28.1 Å². The van der Waals surface area contributed by atoms with Crippen LogP contribution in [0.4, 0.5) is 4.39 Å². The summed E-state index contributed by atoms with van der Waals surface area (Å²) in [6.45, 7) is 0. The molecule has 4 heteroatoms. The van der Waals surface area contributed by atoms with Crippen LogP contribution in [0.2, 0.25) is 0 Å². The highest BCUT2D eigenvalue weighted by Crippen LogP contribution is 2.34. The van der Waals surface area contributed by atoms with E-state index in [-0.39, 0.29) is 10.6 Å². The largest absolute Gasteiger partial charge is 0.206 e. The summed E-state index contributed by atoms with van der Waals surface area (Å²) < 4.78 is 13.9. The molecule has 0 nitrogen and oxygen atoms in total. The predicted octanol–water partition coefficient (Wildman–Crippen LogP) is 5.33. The van der Waals surface area contributed by atoms with Crippen molar-refractivity contribution in [2.45, 2.75) is 11.2 Å². The molecule has 1 heterocycles. The van der Waals surface area contributed by atoms with Gasteiger partial charge in [-0.05, 0) is 56.4 Å². The van der Waals surface area contributed by atoms with Crippen molar-refractivity contribution in [3.8, 4) is 0 Å². The summed E-state index contributed by atoms with van der Waals surface area (Å²) in [4.78, 5) is 0.132. The fraction of sp³-hybridized carbons (Fsp3) is 0.167. The minimum Gasteiger partial charge on any atom is -0.206 e. The van der Waals surface area contributed by atoms with Crippen LogP contribution in [0.15, 0.2) is 39.5 Å². The number of halogens is 3. The number of rotatable bonds is 3. The van der Waals surface area contributed by atoms with Crippen molar-refractivity contribution in [1.82, 2.24) is 0 Å². The first-order valence-electron chi connectivity index (χ1n) is 4.77. The van der Waals surface area contributed by atoms with Crippen molar-refractivity contribution in [2.75, 3.05) is 0 Å². The second kappa shape index (κ2) is 5.43. The van der Waals surface area contributed by atoms with Crippen LogP contribution in [-0.2, 0) is 6.42 Å². The third-order valence-corrected chi connectivity index (χ3v) is 4.70. The van der Waals surface area contributed by atoms with E-state index in [0.29, 0.717) is 4.47 Å². The maximum absolute atomic E-state index is 13.4. The Hall–Kier alpha value is -0.190. The Labute approximate surface area is 115 Å². The van der Waals surface area contributed by atoms with Gasteiger partial charge in [-0.3, -0.25) is 0 Å². The first-order valence-corrected chi connectivity index (χ1v) is 7.42. The zero-order chi connectivity index (χ0) is 11.5. The van der Waals surface area contributed by atoms with Gasteiger partial charge < -0.3 is 0 Å². The van der Waals surface area contributed by atoms with E-state index < -0.39 is 0 Å². The lowest BCUT2D eigenvalue weighted by Gasteiger charge is -2.11. The van der Waals surface area contributed by atoms with Crippen molar-refractivity contribution in [2.24, 2.45) is 0 Å². The van der Waals surface area contributed by atoms with E-state index in [9.17, 15) is 4.39 Å². The highest BCUT2D eigenvalue weighted by molar-refractivity contribution is 9.11. The number of benzene rings is 1. The van der Waals surface area contributed by atoms with Crippen LogP contribution in [0.5, 0.6) is 0 Å². The Balaban J connectivity index is 2.21. The van der Waals surface area contributed by atoms with Crippen LogP contribution in [-0.4, -0.2) is 0 Å². The van der Waals surface area contributed by atoms with Gasteiger partial charge in [-0.2, -0.15) is 11.3 Å². The molecule has 0 radical (unpaired) electrons. The lowest BCUT2D eigenvalue weighted by molar-refractivity contribution is 0.617. The number of alkyl halides is 1. The van der Waals surface area contributed by atoms with Crippen LogP contribution in [0.1, 0.15) is 16.0 Å². The van der Waals surface area contributed by atoms with E-state index in [2.05, 4.69) is 48.7 Å². The van der Waals surface area contributed by atoms with E-state index in [4.69, 9.17) is 0 Å². The molecule has 0 spiro atoms. The van der Waals surface area contributed by atoms with Gasteiger partial charge in [0.2, 0.25) is 0 Å². The normalized spacial score (nSPS) is 12.7. The third kappa shape index (κ3) is 2.73. The first kappa shape index (κ1) is 12.3. The lowest BCUT2D eigenvalue weighted by atomic mass is 10.1. The predicted molar refractivity (Wildman–Crippen MR) is 73.8 cm³/mol. The summed E-state index contributed by atoms with van der Waals surface area (Å²) in [5, 5.41) is 4.16. The van der Waals surface area contributed by atoms with E-state index >= 15 is 0 Å². The molecular weight excluding hydrogens is 355 g/mol. The van der Waals surface area contributed by atoms with E-state index in [1.54, 1.807) is 17.4 Å². The SMILES string of the molecule is Fc1cccc(C(Br)Cc2ccsc2)c1Br. The van der Waals surface area contributed by atoms with Gasteiger partial charge in [0.15, 0.2) is 0 Å². The monoisotopic (exact) mass is 362 g/mol. The molecule has 0 saturated heterocycles. The van der Waals surface area contributed by atoms with Crippen molar-refractivity contribution in [3.63, 3.8) is 0 Å². The molecule has 0 aliphatic heterocycles. The molecule has 16 heavy (non-hydrogen) atoms. The molecule has 0 aliphatic carbocycles. The van der Waals surface area contributed by atoms with Crippen molar-refractivity contribution in [1.29, 1.82) is 0 Å². The Bertz CT molecular complexity index is 468. The summed E-state index contributed by atoms with van der Waals surface area (Å²) in [6.07, 6.45) is 0.867. The van der Waals surface area contributed by atoms with Crippen molar-refractivity contribution < 1.29 is 4.39 Å². The van der Waals surface area contributed by atoms with Gasteiger partial charge in [0.25, 0.3) is 0 Å². The fourth-order valence-electron chi connectivity index (χ4n) is 1.49. The molecule has 0 aliphatic rings. The van der Waals surface area contributed by atoms with Crippen LogP contribution >= 0.6 is 43.2 Å². The molecule has 1 unspecified atom stereocenters. The van der Waals surface area contributed by atoms with Gasteiger partial charge in [0, 0.05) is 4.83 Å². The third-order valence-electron chi connectivity index (χ3n) is 2.31. The second-order valence-electron chi connectivity index (χ2n) is 3.45. The van der Waals surface area contributed by atoms with Gasteiger partial charge in [0.05, 0.1) is 4.47 Å². The molecule has 84 valence electrons. The molecule has 0 amide bonds. The van der Waals surface area contributed by atoms with Crippen LogP contribution < -0.4 is 0 Å². The molecule has 0 bridgehead atoms. The van der Waals surface area contributed by atoms with Gasteiger partial charge >= 0.3 is 0 Å². The smallest absolute Gasteiger partial charge is 0.137 e. The first-order chi connectivity index (χ1) is 7.68. The average molecular weight is 364 g/mol. The van der Waals surface area contributed by atoms with Crippen molar-refractivity contribution in [3.05, 3.63) is 56.4 Å². The number of hydrogen-bond donors (Lipinski definition) is 0. The van der Waals surface area contributed by atoms with E-state index in [1.807, 2.05) is 6.07 Å². The van der Waals surface area contributed by atoms with E-state index in [1.165, 1.54) is 11.6 Å². The second-order valence-corrected chi connectivity index (χ2v) is 6.12. The highest BCUT2D eigenvalue weighted by Gasteiger charge is 2.14. The van der Waals surface area contributed by atoms with Crippen LogP contribution in [0, 0.1) is 5.82 Å². The minimum atomic E-state index is -0.215. The maximum atomic E-state index is 13.4. The lowest BCUT2D eigenvalue weighted by Crippen LogP contribution is -1.96. The minimum absolute atomic E-state index is 0.132. The molecule has 0 saturated carbocycles. The Morgan fingerprint density at radius 2 is 2.12 bits per heavy atom.